The molecule has 0 atom stereocenters. The van der Waals surface area contributed by atoms with E-state index in [0.29, 0.717) is 0 Å². The van der Waals surface area contributed by atoms with Crippen LogP contribution in [0, 0.1) is 0 Å². The summed E-state index contributed by atoms with van der Waals surface area (Å²) in [5.41, 5.74) is 0. The first kappa shape index (κ1) is 25.2. The lowest BCUT2D eigenvalue weighted by atomic mass is 10.0. The standard InChI is InChI=1S/C18H38.CH4.H4Si/c1-3-5-7-9-11-13-15-17-18-16-14-12-10-8-6-4-2;;/h3-18H2,1-2H3;2*1H4. The Balaban J connectivity index is -0.00000144. The lowest BCUT2D eigenvalue weighted by Gasteiger charge is -2.03. The molecular formula is C19H46Si. The van der Waals surface area contributed by atoms with Crippen LogP contribution in [0.4, 0.5) is 0 Å². The van der Waals surface area contributed by atoms with Gasteiger partial charge in [-0.2, -0.15) is 0 Å². The third kappa shape index (κ3) is 23.3. The molecule has 0 unspecified atom stereocenters. The van der Waals surface area contributed by atoms with Crippen LogP contribution in [-0.2, 0) is 0 Å². The van der Waals surface area contributed by atoms with E-state index in [9.17, 15) is 0 Å². The van der Waals surface area contributed by atoms with E-state index in [2.05, 4.69) is 13.8 Å². The average molecular weight is 303 g/mol. The van der Waals surface area contributed by atoms with Gasteiger partial charge in [-0.3, -0.25) is 0 Å². The summed E-state index contributed by atoms with van der Waals surface area (Å²) in [5.74, 6) is 0. The summed E-state index contributed by atoms with van der Waals surface area (Å²) in [5, 5.41) is 0. The molecule has 0 amide bonds. The third-order valence-corrected chi connectivity index (χ3v) is 3.96. The molecule has 1 heteroatoms. The molecule has 0 aliphatic heterocycles. The lowest BCUT2D eigenvalue weighted by molar-refractivity contribution is 0.531. The van der Waals surface area contributed by atoms with Crippen molar-refractivity contribution in [3.05, 3.63) is 0 Å². The van der Waals surface area contributed by atoms with Crippen molar-refractivity contribution in [1.29, 1.82) is 0 Å². The van der Waals surface area contributed by atoms with E-state index in [1.165, 1.54) is 103 Å². The maximum atomic E-state index is 2.29. The monoisotopic (exact) mass is 302 g/mol. The van der Waals surface area contributed by atoms with Crippen LogP contribution in [0.5, 0.6) is 0 Å². The number of rotatable bonds is 15. The summed E-state index contributed by atoms with van der Waals surface area (Å²) in [6.07, 6.45) is 23.4. The molecule has 0 aromatic heterocycles. The minimum Gasteiger partial charge on any atom is -0.0776 e. The van der Waals surface area contributed by atoms with Gasteiger partial charge in [-0.25, -0.2) is 0 Å². The average Bonchev–Trinajstić information content (AvgIpc) is 2.39. The van der Waals surface area contributed by atoms with Crippen molar-refractivity contribution >= 4 is 11.0 Å². The molecule has 0 N–H and O–H groups in total. The van der Waals surface area contributed by atoms with Gasteiger partial charge in [0, 0.05) is 0 Å². The van der Waals surface area contributed by atoms with Gasteiger partial charge in [-0.15, -0.1) is 0 Å². The van der Waals surface area contributed by atoms with E-state index >= 15 is 0 Å². The highest BCUT2D eigenvalue weighted by Crippen LogP contribution is 2.13. The molecule has 0 aromatic carbocycles. The topological polar surface area (TPSA) is 0 Å². The first-order chi connectivity index (χ1) is 8.91. The maximum Gasteiger partial charge on any atom is -0.0149 e. The quantitative estimate of drug-likeness (QED) is 0.241. The zero-order chi connectivity index (χ0) is 13.3. The molecule has 0 fully saturated rings. The lowest BCUT2D eigenvalue weighted by Crippen LogP contribution is -1.83. The van der Waals surface area contributed by atoms with Crippen LogP contribution in [0.1, 0.15) is 124 Å². The SMILES string of the molecule is C.CCCCCCCCCCCCCCCCCC.[SiH4]. The van der Waals surface area contributed by atoms with Crippen LogP contribution < -0.4 is 0 Å². The predicted octanol–water partition coefficient (Wildman–Crippen LogP) is 6.45. The van der Waals surface area contributed by atoms with Crippen LogP contribution >= 0.6 is 0 Å². The van der Waals surface area contributed by atoms with Crippen LogP contribution in [0.2, 0.25) is 0 Å². The Labute approximate surface area is 135 Å². The Hall–Kier alpha value is 0.217. The molecule has 0 spiro atoms. The molecule has 126 valence electrons. The fourth-order valence-corrected chi connectivity index (χ4v) is 2.62. The van der Waals surface area contributed by atoms with Crippen LogP contribution in [-0.4, -0.2) is 11.0 Å². The Morgan fingerprint density at radius 3 is 0.650 bits per heavy atom. The van der Waals surface area contributed by atoms with Gasteiger partial charge in [-0.05, 0) is 11.0 Å². The molecule has 0 saturated heterocycles. The second kappa shape index (κ2) is 24.2. The van der Waals surface area contributed by atoms with Crippen LogP contribution in [0.25, 0.3) is 0 Å². The largest absolute Gasteiger partial charge is 0.0776 e. The van der Waals surface area contributed by atoms with Gasteiger partial charge >= 0.3 is 0 Å². The molecular weight excluding hydrogens is 256 g/mol. The van der Waals surface area contributed by atoms with Crippen molar-refractivity contribution in [2.24, 2.45) is 0 Å². The van der Waals surface area contributed by atoms with E-state index in [1.807, 2.05) is 0 Å². The molecule has 0 rings (SSSR count). The van der Waals surface area contributed by atoms with Crippen LogP contribution in [0.15, 0.2) is 0 Å². The smallest absolute Gasteiger partial charge is 0.0149 e. The summed E-state index contributed by atoms with van der Waals surface area (Å²) in [6, 6.07) is 0. The van der Waals surface area contributed by atoms with Gasteiger partial charge in [0.2, 0.25) is 0 Å². The van der Waals surface area contributed by atoms with E-state index in [1.54, 1.807) is 0 Å². The summed E-state index contributed by atoms with van der Waals surface area (Å²) in [6.45, 7) is 4.59. The van der Waals surface area contributed by atoms with Crippen molar-refractivity contribution in [1.82, 2.24) is 0 Å². The van der Waals surface area contributed by atoms with Gasteiger partial charge in [0.25, 0.3) is 0 Å². The first-order valence-corrected chi connectivity index (χ1v) is 8.91. The van der Waals surface area contributed by atoms with Crippen molar-refractivity contribution in [3.63, 3.8) is 0 Å². The minimum absolute atomic E-state index is 0. The highest BCUT2D eigenvalue weighted by Gasteiger charge is 1.93. The highest BCUT2D eigenvalue weighted by atomic mass is 28.1. The van der Waals surface area contributed by atoms with Crippen LogP contribution in [0.3, 0.4) is 0 Å². The summed E-state index contributed by atoms with van der Waals surface area (Å²) < 4.78 is 0. The van der Waals surface area contributed by atoms with Gasteiger partial charge in [0.05, 0.1) is 0 Å². The Kier molecular flexibility index (Phi) is 30.5. The molecule has 0 saturated carbocycles. The molecule has 0 radical (unpaired) electrons. The third-order valence-electron chi connectivity index (χ3n) is 3.96. The minimum atomic E-state index is 0. The van der Waals surface area contributed by atoms with Crippen molar-refractivity contribution in [2.75, 3.05) is 0 Å². The second-order valence-electron chi connectivity index (χ2n) is 5.95. The number of unbranched alkanes of at least 4 members (excludes halogenated alkanes) is 15. The van der Waals surface area contributed by atoms with Crippen molar-refractivity contribution < 1.29 is 0 Å². The number of hydrogen-bond donors (Lipinski definition) is 0. The van der Waals surface area contributed by atoms with Gasteiger partial charge in [0.15, 0.2) is 0 Å². The molecule has 0 nitrogen and oxygen atoms in total. The molecule has 0 aliphatic rings. The zero-order valence-electron chi connectivity index (χ0n) is 13.3. The van der Waals surface area contributed by atoms with Crippen molar-refractivity contribution in [2.45, 2.75) is 124 Å². The molecule has 20 heavy (non-hydrogen) atoms. The Morgan fingerprint density at radius 2 is 0.500 bits per heavy atom. The van der Waals surface area contributed by atoms with Crippen molar-refractivity contribution in [3.8, 4) is 0 Å². The maximum absolute atomic E-state index is 2.29. The second-order valence-corrected chi connectivity index (χ2v) is 5.95. The normalized spacial score (nSPS) is 9.90. The fraction of sp³-hybridized carbons (Fsp3) is 1.00. The highest BCUT2D eigenvalue weighted by molar-refractivity contribution is 5.75. The predicted molar refractivity (Wildman–Crippen MR) is 103 cm³/mol. The fourth-order valence-electron chi connectivity index (χ4n) is 2.62. The van der Waals surface area contributed by atoms with E-state index < -0.39 is 0 Å². The molecule has 0 aliphatic carbocycles. The molecule has 0 aromatic rings. The van der Waals surface area contributed by atoms with Gasteiger partial charge < -0.3 is 0 Å². The summed E-state index contributed by atoms with van der Waals surface area (Å²) in [4.78, 5) is 0. The van der Waals surface area contributed by atoms with E-state index in [-0.39, 0.29) is 18.4 Å². The summed E-state index contributed by atoms with van der Waals surface area (Å²) in [7, 11) is 0. The van der Waals surface area contributed by atoms with E-state index in [4.69, 9.17) is 0 Å². The van der Waals surface area contributed by atoms with E-state index in [0.717, 1.165) is 0 Å². The summed E-state index contributed by atoms with van der Waals surface area (Å²) >= 11 is 0. The zero-order valence-corrected chi connectivity index (χ0v) is 13.3. The Bertz CT molecular complexity index is 118. The van der Waals surface area contributed by atoms with Gasteiger partial charge in [-0.1, -0.05) is 124 Å². The molecule has 0 heterocycles. The first-order valence-electron chi connectivity index (χ1n) is 8.91. The Morgan fingerprint density at radius 1 is 0.350 bits per heavy atom. The molecule has 0 bridgehead atoms. The van der Waals surface area contributed by atoms with Gasteiger partial charge in [0.1, 0.15) is 0 Å². The number of hydrogen-bond acceptors (Lipinski definition) is 0.